The van der Waals surface area contributed by atoms with Crippen molar-refractivity contribution in [1.82, 2.24) is 15.5 Å². The summed E-state index contributed by atoms with van der Waals surface area (Å²) in [6.45, 7) is 0.755. The Morgan fingerprint density at radius 1 is 1.27 bits per heavy atom. The van der Waals surface area contributed by atoms with Crippen molar-refractivity contribution in [3.05, 3.63) is 21.4 Å². The van der Waals surface area contributed by atoms with Crippen LogP contribution in [-0.4, -0.2) is 41.4 Å². The van der Waals surface area contributed by atoms with E-state index >= 15 is 0 Å². The first kappa shape index (κ1) is 13.8. The summed E-state index contributed by atoms with van der Waals surface area (Å²) >= 11 is 1.67. The molecule has 1 aromatic rings. The van der Waals surface area contributed by atoms with E-state index in [0.717, 1.165) is 24.8 Å². The van der Waals surface area contributed by atoms with Crippen LogP contribution in [0.4, 0.5) is 4.79 Å². The highest BCUT2D eigenvalue weighted by Gasteiger charge is 2.51. The van der Waals surface area contributed by atoms with Gasteiger partial charge in [-0.25, -0.2) is 4.79 Å². The molecule has 1 aliphatic carbocycles. The van der Waals surface area contributed by atoms with E-state index in [2.05, 4.69) is 10.6 Å². The van der Waals surface area contributed by atoms with Gasteiger partial charge in [0.05, 0.1) is 12.1 Å². The monoisotopic (exact) mass is 319 g/mol. The lowest BCUT2D eigenvalue weighted by Gasteiger charge is -2.21. The predicted octanol–water partition coefficient (Wildman–Crippen LogP) is 1.05. The largest absolute Gasteiger partial charge is 0.336 e. The number of amides is 4. The first-order chi connectivity index (χ1) is 10.6. The molecule has 2 saturated heterocycles. The molecule has 3 aliphatic rings. The zero-order valence-corrected chi connectivity index (χ0v) is 12.9. The molecular formula is C15H17N3O3S. The molecule has 3 heterocycles. The van der Waals surface area contributed by atoms with Crippen molar-refractivity contribution >= 4 is 29.2 Å². The molecule has 2 fully saturated rings. The molecule has 6 nitrogen and oxygen atoms in total. The molecule has 116 valence electrons. The Bertz CT molecular complexity index is 684. The fourth-order valence-electron chi connectivity index (χ4n) is 3.64. The standard InChI is InChI=1S/C15H17N3O3S/c19-12(10-7-22-11-4-2-1-3-9(10)11)18-6-5-15(8-18)13(20)16-14(21)17-15/h7H,1-6,8H2,(H2,16,17,20,21). The van der Waals surface area contributed by atoms with Gasteiger partial charge in [0.15, 0.2) is 0 Å². The van der Waals surface area contributed by atoms with Crippen LogP contribution in [0.25, 0.3) is 0 Å². The number of thiophene rings is 1. The number of aryl methyl sites for hydroxylation is 1. The van der Waals surface area contributed by atoms with E-state index < -0.39 is 11.6 Å². The lowest BCUT2D eigenvalue weighted by atomic mass is 9.95. The van der Waals surface area contributed by atoms with Gasteiger partial charge in [-0.1, -0.05) is 0 Å². The highest BCUT2D eigenvalue weighted by molar-refractivity contribution is 7.10. The molecule has 1 spiro atoms. The minimum absolute atomic E-state index is 0.00905. The Kier molecular flexibility index (Phi) is 3.00. The molecule has 7 heteroatoms. The summed E-state index contributed by atoms with van der Waals surface area (Å²) < 4.78 is 0. The second-order valence-electron chi connectivity index (χ2n) is 6.23. The Morgan fingerprint density at radius 3 is 2.86 bits per heavy atom. The van der Waals surface area contributed by atoms with E-state index in [1.54, 1.807) is 16.2 Å². The maximum atomic E-state index is 12.8. The van der Waals surface area contributed by atoms with Crippen molar-refractivity contribution in [2.45, 2.75) is 37.6 Å². The van der Waals surface area contributed by atoms with E-state index in [0.29, 0.717) is 13.0 Å². The van der Waals surface area contributed by atoms with E-state index in [1.807, 2.05) is 5.38 Å². The van der Waals surface area contributed by atoms with Crippen LogP contribution in [0.3, 0.4) is 0 Å². The van der Waals surface area contributed by atoms with Crippen molar-refractivity contribution in [2.24, 2.45) is 0 Å². The third kappa shape index (κ3) is 1.95. The van der Waals surface area contributed by atoms with Gasteiger partial charge in [-0.05, 0) is 37.7 Å². The number of carbonyl (C=O) groups is 3. The highest BCUT2D eigenvalue weighted by atomic mass is 32.1. The summed E-state index contributed by atoms with van der Waals surface area (Å²) in [5.74, 6) is -0.328. The molecule has 0 radical (unpaired) electrons. The number of nitrogens with one attached hydrogen (secondary N) is 2. The van der Waals surface area contributed by atoms with Crippen LogP contribution in [0, 0.1) is 0 Å². The Hall–Kier alpha value is -1.89. The molecular weight excluding hydrogens is 302 g/mol. The molecule has 22 heavy (non-hydrogen) atoms. The lowest BCUT2D eigenvalue weighted by Crippen LogP contribution is -2.49. The molecule has 2 N–H and O–H groups in total. The van der Waals surface area contributed by atoms with Crippen LogP contribution < -0.4 is 10.6 Å². The van der Waals surface area contributed by atoms with E-state index in [9.17, 15) is 14.4 Å². The van der Waals surface area contributed by atoms with Crippen LogP contribution in [0.5, 0.6) is 0 Å². The summed E-state index contributed by atoms with van der Waals surface area (Å²) in [6.07, 6.45) is 4.83. The van der Waals surface area contributed by atoms with Gasteiger partial charge in [-0.2, -0.15) is 0 Å². The fourth-order valence-corrected chi connectivity index (χ4v) is 4.76. The van der Waals surface area contributed by atoms with Crippen LogP contribution >= 0.6 is 11.3 Å². The normalized spacial score (nSPS) is 27.0. The van der Waals surface area contributed by atoms with Gasteiger partial charge in [-0.15, -0.1) is 11.3 Å². The molecule has 0 bridgehead atoms. The Morgan fingerprint density at radius 2 is 2.09 bits per heavy atom. The molecule has 0 aromatic carbocycles. The van der Waals surface area contributed by atoms with E-state index in [4.69, 9.17) is 0 Å². The minimum Gasteiger partial charge on any atom is -0.336 e. The van der Waals surface area contributed by atoms with Crippen LogP contribution in [0.1, 0.15) is 40.1 Å². The van der Waals surface area contributed by atoms with Crippen molar-refractivity contribution in [2.75, 3.05) is 13.1 Å². The smallest absolute Gasteiger partial charge is 0.322 e. The van der Waals surface area contributed by atoms with Crippen LogP contribution in [0.2, 0.25) is 0 Å². The summed E-state index contributed by atoms with van der Waals surface area (Å²) in [6, 6.07) is -0.466. The Labute approximate surface area is 131 Å². The number of nitrogens with zero attached hydrogens (tertiary/aromatic N) is 1. The third-order valence-electron chi connectivity index (χ3n) is 4.86. The van der Waals surface area contributed by atoms with Crippen molar-refractivity contribution in [3.63, 3.8) is 0 Å². The zero-order chi connectivity index (χ0) is 15.3. The maximum Gasteiger partial charge on any atom is 0.322 e. The summed E-state index contributed by atoms with van der Waals surface area (Å²) in [5, 5.41) is 6.90. The number of likely N-dealkylation sites (tertiary alicyclic amines) is 1. The number of rotatable bonds is 1. The molecule has 1 atom stereocenters. The molecule has 0 saturated carbocycles. The second kappa shape index (κ2) is 4.81. The molecule has 2 aliphatic heterocycles. The number of urea groups is 1. The van der Waals surface area contributed by atoms with Crippen molar-refractivity contribution in [3.8, 4) is 0 Å². The van der Waals surface area contributed by atoms with Gasteiger partial charge < -0.3 is 10.2 Å². The summed E-state index contributed by atoms with van der Waals surface area (Å²) in [7, 11) is 0. The average molecular weight is 319 g/mol. The van der Waals surface area contributed by atoms with Gasteiger partial charge in [0.2, 0.25) is 0 Å². The number of hydrogen-bond acceptors (Lipinski definition) is 4. The number of fused-ring (bicyclic) bond motifs is 1. The van der Waals surface area contributed by atoms with Gasteiger partial charge in [-0.3, -0.25) is 14.9 Å². The van der Waals surface area contributed by atoms with Crippen LogP contribution in [0.15, 0.2) is 5.38 Å². The zero-order valence-electron chi connectivity index (χ0n) is 12.1. The van der Waals surface area contributed by atoms with Gasteiger partial charge in [0.1, 0.15) is 5.54 Å². The maximum absolute atomic E-state index is 12.8. The van der Waals surface area contributed by atoms with Gasteiger partial charge in [0.25, 0.3) is 11.8 Å². The highest BCUT2D eigenvalue weighted by Crippen LogP contribution is 2.33. The molecule has 1 aromatic heterocycles. The summed E-state index contributed by atoms with van der Waals surface area (Å²) in [5.41, 5.74) is 1.06. The first-order valence-electron chi connectivity index (χ1n) is 7.61. The molecule has 4 rings (SSSR count). The SMILES string of the molecule is O=C1NC(=O)C2(CCN(C(=O)c3csc4c3CCCC4)C2)N1. The van der Waals surface area contributed by atoms with E-state index in [-0.39, 0.29) is 18.4 Å². The number of imide groups is 1. The lowest BCUT2D eigenvalue weighted by molar-refractivity contribution is -0.123. The van der Waals surface area contributed by atoms with Gasteiger partial charge >= 0.3 is 6.03 Å². The third-order valence-corrected chi connectivity index (χ3v) is 5.95. The molecule has 4 amide bonds. The minimum atomic E-state index is -0.928. The van der Waals surface area contributed by atoms with Crippen molar-refractivity contribution < 1.29 is 14.4 Å². The fraction of sp³-hybridized carbons (Fsp3) is 0.533. The number of hydrogen-bond donors (Lipinski definition) is 2. The molecule has 1 unspecified atom stereocenters. The second-order valence-corrected chi connectivity index (χ2v) is 7.19. The quantitative estimate of drug-likeness (QED) is 0.760. The Balaban J connectivity index is 1.56. The topological polar surface area (TPSA) is 78.5 Å². The average Bonchev–Trinajstić information content (AvgIpc) is 3.17. The van der Waals surface area contributed by atoms with Gasteiger partial charge in [0, 0.05) is 16.8 Å². The number of carbonyl (C=O) groups excluding carboxylic acids is 3. The first-order valence-corrected chi connectivity index (χ1v) is 8.49. The summed E-state index contributed by atoms with van der Waals surface area (Å²) in [4.78, 5) is 39.2. The van der Waals surface area contributed by atoms with Crippen LogP contribution in [-0.2, 0) is 17.6 Å². The predicted molar refractivity (Wildman–Crippen MR) is 80.9 cm³/mol. The van der Waals surface area contributed by atoms with Crippen molar-refractivity contribution in [1.29, 1.82) is 0 Å². The van der Waals surface area contributed by atoms with E-state index in [1.165, 1.54) is 16.9 Å².